The number of nitrogens with one attached hydrogen (secondary N) is 1. The Hall–Kier alpha value is -2.19. The minimum absolute atomic E-state index is 0.0480. The molecular formula is C27H41N5O3. The van der Waals surface area contributed by atoms with Gasteiger partial charge in [0.1, 0.15) is 6.04 Å². The Morgan fingerprint density at radius 3 is 2.71 bits per heavy atom. The van der Waals surface area contributed by atoms with E-state index in [-0.39, 0.29) is 23.9 Å². The number of fused-ring (bicyclic) bond motifs is 1. The van der Waals surface area contributed by atoms with Crippen molar-refractivity contribution in [2.24, 2.45) is 5.92 Å². The molecule has 8 heteroatoms. The highest BCUT2D eigenvalue weighted by Gasteiger charge is 2.49. The first-order valence-electron chi connectivity index (χ1n) is 13.5. The smallest absolute Gasteiger partial charge is 0.243 e. The summed E-state index contributed by atoms with van der Waals surface area (Å²) in [5, 5.41) is 3.36. The molecular weight excluding hydrogens is 442 g/mol. The molecule has 3 saturated heterocycles. The number of methoxy groups -OCH3 is 1. The van der Waals surface area contributed by atoms with Crippen LogP contribution in [0.25, 0.3) is 0 Å². The standard InChI is InChI=1S/C27H41N5O3/c1-30(17-20-7-4-3-5-8-20)22-15-23-25(34)29-27(16-24(33)32(23)19-22)10-13-31(14-11-27)18-21-9-6-12-28-26(21)35-2/h6,9,12,20,22-23H,3-5,7-8,10-11,13-19H2,1-2H3,(H,29,34)/t22-,23-/m0/s1. The van der Waals surface area contributed by atoms with Gasteiger partial charge in [0, 0.05) is 50.5 Å². The van der Waals surface area contributed by atoms with Crippen LogP contribution in [0.5, 0.6) is 5.88 Å². The maximum absolute atomic E-state index is 13.4. The third kappa shape index (κ3) is 5.33. The Balaban J connectivity index is 1.18. The number of piperidine rings is 1. The molecule has 0 bridgehead atoms. The van der Waals surface area contributed by atoms with Crippen LogP contribution >= 0.6 is 0 Å². The van der Waals surface area contributed by atoms with Gasteiger partial charge in [0.2, 0.25) is 17.7 Å². The largest absolute Gasteiger partial charge is 0.481 e. The maximum atomic E-state index is 13.4. The van der Waals surface area contributed by atoms with Gasteiger partial charge in [0.25, 0.3) is 0 Å². The van der Waals surface area contributed by atoms with E-state index in [0.29, 0.717) is 18.8 Å². The predicted molar refractivity (Wildman–Crippen MR) is 134 cm³/mol. The lowest BCUT2D eigenvalue weighted by atomic mass is 9.84. The number of carbonyl (C=O) groups is 2. The summed E-state index contributed by atoms with van der Waals surface area (Å²) in [6.07, 6.45) is 11.2. The van der Waals surface area contributed by atoms with Gasteiger partial charge in [-0.3, -0.25) is 14.5 Å². The molecule has 192 valence electrons. The summed E-state index contributed by atoms with van der Waals surface area (Å²) in [6.45, 7) is 4.20. The van der Waals surface area contributed by atoms with Crippen LogP contribution in [0.2, 0.25) is 0 Å². The summed E-state index contributed by atoms with van der Waals surface area (Å²) in [5.41, 5.74) is 0.647. The van der Waals surface area contributed by atoms with E-state index in [4.69, 9.17) is 4.74 Å². The molecule has 1 aliphatic carbocycles. The lowest BCUT2D eigenvalue weighted by molar-refractivity contribution is -0.135. The van der Waals surface area contributed by atoms with Gasteiger partial charge in [-0.15, -0.1) is 0 Å². The van der Waals surface area contributed by atoms with Crippen molar-refractivity contribution < 1.29 is 14.3 Å². The van der Waals surface area contributed by atoms with Crippen LogP contribution in [0.3, 0.4) is 0 Å². The van der Waals surface area contributed by atoms with Crippen molar-refractivity contribution in [2.75, 3.05) is 40.3 Å². The Labute approximate surface area is 209 Å². The van der Waals surface area contributed by atoms with Crippen molar-refractivity contribution in [3.05, 3.63) is 23.9 Å². The predicted octanol–water partition coefficient (Wildman–Crippen LogP) is 2.43. The summed E-state index contributed by atoms with van der Waals surface area (Å²) < 4.78 is 5.40. The van der Waals surface area contributed by atoms with Crippen molar-refractivity contribution in [2.45, 2.75) is 82.0 Å². The van der Waals surface area contributed by atoms with Gasteiger partial charge in [-0.1, -0.05) is 25.3 Å². The third-order valence-corrected chi connectivity index (χ3v) is 8.92. The van der Waals surface area contributed by atoms with E-state index < -0.39 is 5.54 Å². The van der Waals surface area contributed by atoms with Crippen molar-refractivity contribution >= 4 is 11.8 Å². The molecule has 0 aromatic carbocycles. The molecule has 1 N–H and O–H groups in total. The van der Waals surface area contributed by atoms with Crippen LogP contribution in [-0.2, 0) is 16.1 Å². The molecule has 1 spiro atoms. The fraction of sp³-hybridized carbons (Fsp3) is 0.741. The fourth-order valence-electron chi connectivity index (χ4n) is 6.77. The van der Waals surface area contributed by atoms with Crippen LogP contribution < -0.4 is 10.1 Å². The number of nitrogens with zero attached hydrogens (tertiary/aromatic N) is 4. The van der Waals surface area contributed by atoms with Gasteiger partial charge in [-0.05, 0) is 51.1 Å². The minimum atomic E-state index is -0.419. The van der Waals surface area contributed by atoms with Crippen molar-refractivity contribution in [1.82, 2.24) is 25.0 Å². The average Bonchev–Trinajstić information content (AvgIpc) is 3.30. The summed E-state index contributed by atoms with van der Waals surface area (Å²) in [5.74, 6) is 1.62. The molecule has 1 aromatic rings. The number of hydrogen-bond donors (Lipinski definition) is 1. The monoisotopic (exact) mass is 483 g/mol. The van der Waals surface area contributed by atoms with E-state index in [1.165, 1.54) is 32.1 Å². The summed E-state index contributed by atoms with van der Waals surface area (Å²) in [6, 6.07) is 3.93. The van der Waals surface area contributed by atoms with Crippen LogP contribution in [0.1, 0.15) is 63.4 Å². The van der Waals surface area contributed by atoms with E-state index in [2.05, 4.69) is 27.1 Å². The molecule has 2 atom stereocenters. The number of likely N-dealkylation sites (N-methyl/N-ethyl adjacent to an activating group) is 1. The first kappa shape index (κ1) is 24.5. The van der Waals surface area contributed by atoms with Crippen molar-refractivity contribution in [3.63, 3.8) is 0 Å². The molecule has 3 aliphatic heterocycles. The molecule has 4 heterocycles. The van der Waals surface area contributed by atoms with Crippen molar-refractivity contribution in [1.29, 1.82) is 0 Å². The Kier molecular flexibility index (Phi) is 7.30. The van der Waals surface area contributed by atoms with Crippen LogP contribution in [0.15, 0.2) is 18.3 Å². The Morgan fingerprint density at radius 2 is 1.97 bits per heavy atom. The van der Waals surface area contributed by atoms with Crippen LogP contribution in [0.4, 0.5) is 0 Å². The molecule has 0 unspecified atom stereocenters. The number of ether oxygens (including phenoxy) is 1. The first-order valence-corrected chi connectivity index (χ1v) is 13.5. The van der Waals surface area contributed by atoms with Gasteiger partial charge in [-0.2, -0.15) is 0 Å². The fourth-order valence-corrected chi connectivity index (χ4v) is 6.77. The second-order valence-corrected chi connectivity index (χ2v) is 11.3. The summed E-state index contributed by atoms with van der Waals surface area (Å²) >= 11 is 0. The molecule has 4 fully saturated rings. The average molecular weight is 484 g/mol. The number of carbonyl (C=O) groups excluding carboxylic acids is 2. The molecule has 5 rings (SSSR count). The number of pyridine rings is 1. The van der Waals surface area contributed by atoms with E-state index >= 15 is 0 Å². The Morgan fingerprint density at radius 1 is 1.20 bits per heavy atom. The number of rotatable bonds is 6. The van der Waals surface area contributed by atoms with Gasteiger partial charge in [0.05, 0.1) is 19.1 Å². The molecule has 4 aliphatic rings. The molecule has 1 aromatic heterocycles. The quantitative estimate of drug-likeness (QED) is 0.670. The number of aromatic nitrogens is 1. The van der Waals surface area contributed by atoms with Crippen LogP contribution in [-0.4, -0.2) is 89.5 Å². The molecule has 0 radical (unpaired) electrons. The summed E-state index contributed by atoms with van der Waals surface area (Å²) in [7, 11) is 3.83. The van der Waals surface area contributed by atoms with Gasteiger partial charge < -0.3 is 19.9 Å². The number of likely N-dealkylation sites (tertiary alicyclic amines) is 1. The lowest BCUT2D eigenvalue weighted by Crippen LogP contribution is -2.56. The SMILES string of the molecule is COc1ncccc1CN1CCC2(CC1)CC(=O)N1C[C@@H](N(C)CC3CCCCC3)C[C@H]1C(=O)N2. The lowest BCUT2D eigenvalue weighted by Gasteiger charge is -2.41. The van der Waals surface area contributed by atoms with Gasteiger partial charge >= 0.3 is 0 Å². The number of amides is 2. The zero-order valence-electron chi connectivity index (χ0n) is 21.4. The summed E-state index contributed by atoms with van der Waals surface area (Å²) in [4.78, 5) is 37.8. The Bertz CT molecular complexity index is 882. The molecule has 8 nitrogen and oxygen atoms in total. The highest BCUT2D eigenvalue weighted by Crippen LogP contribution is 2.34. The minimum Gasteiger partial charge on any atom is -0.481 e. The van der Waals surface area contributed by atoms with E-state index in [0.717, 1.165) is 56.9 Å². The second-order valence-electron chi connectivity index (χ2n) is 11.3. The van der Waals surface area contributed by atoms with E-state index in [1.54, 1.807) is 13.3 Å². The van der Waals surface area contributed by atoms with E-state index in [1.807, 2.05) is 17.0 Å². The number of hydrogen-bond acceptors (Lipinski definition) is 6. The first-order chi connectivity index (χ1) is 17.0. The zero-order valence-corrected chi connectivity index (χ0v) is 21.4. The maximum Gasteiger partial charge on any atom is 0.243 e. The molecule has 2 amide bonds. The highest BCUT2D eigenvalue weighted by molar-refractivity contribution is 5.92. The topological polar surface area (TPSA) is 78.0 Å². The molecule has 1 saturated carbocycles. The zero-order chi connectivity index (χ0) is 24.4. The van der Waals surface area contributed by atoms with Crippen LogP contribution in [0, 0.1) is 5.92 Å². The van der Waals surface area contributed by atoms with Gasteiger partial charge in [0.15, 0.2) is 0 Å². The third-order valence-electron chi connectivity index (χ3n) is 8.92. The van der Waals surface area contributed by atoms with Crippen molar-refractivity contribution in [3.8, 4) is 5.88 Å². The molecule has 35 heavy (non-hydrogen) atoms. The van der Waals surface area contributed by atoms with E-state index in [9.17, 15) is 9.59 Å². The van der Waals surface area contributed by atoms with Gasteiger partial charge in [-0.25, -0.2) is 4.98 Å². The second kappa shape index (κ2) is 10.4. The highest BCUT2D eigenvalue weighted by atomic mass is 16.5. The normalized spacial score (nSPS) is 27.7.